The second kappa shape index (κ2) is 2.17. The van der Waals surface area contributed by atoms with Crippen molar-refractivity contribution in [3.8, 4) is 5.75 Å². The molecule has 0 atom stereocenters. The fourth-order valence-electron chi connectivity index (χ4n) is 0.988. The normalized spacial score (nSPS) is 10.6. The highest BCUT2D eigenvalue weighted by Gasteiger charge is 2.03. The third-order valence-corrected chi connectivity index (χ3v) is 1.75. The van der Waals surface area contributed by atoms with Crippen LogP contribution in [0.1, 0.15) is 0 Å². The van der Waals surface area contributed by atoms with Crippen LogP contribution in [0.3, 0.4) is 0 Å². The smallest absolute Gasteiger partial charge is 0.161 e. The maximum Gasteiger partial charge on any atom is 0.161 e. The van der Waals surface area contributed by atoms with Crippen LogP contribution in [-0.4, -0.2) is 5.11 Å². The van der Waals surface area contributed by atoms with Gasteiger partial charge >= 0.3 is 0 Å². The average Bonchev–Trinajstić information content (AvgIpc) is 2.33. The monoisotopic (exact) mass is 168 g/mol. The summed E-state index contributed by atoms with van der Waals surface area (Å²) in [6.45, 7) is 0. The fraction of sp³-hybridized carbons (Fsp3) is 0. The molecule has 1 N–H and O–H groups in total. The topological polar surface area (TPSA) is 33.4 Å². The number of halogens is 1. The molecule has 1 heterocycles. The molecule has 0 aliphatic heterocycles. The molecular weight excluding hydrogens is 164 g/mol. The molecule has 2 aromatic rings. The highest BCUT2D eigenvalue weighted by Crippen LogP contribution is 2.28. The largest absolute Gasteiger partial charge is 0.504 e. The number of rotatable bonds is 0. The lowest BCUT2D eigenvalue weighted by atomic mass is 10.2. The molecule has 56 valence electrons. The van der Waals surface area contributed by atoms with E-state index in [2.05, 4.69) is 0 Å². The highest BCUT2D eigenvalue weighted by molar-refractivity contribution is 6.31. The second-order valence-corrected chi connectivity index (χ2v) is 2.70. The molecule has 11 heavy (non-hydrogen) atoms. The number of hydrogen-bond acceptors (Lipinski definition) is 2. The van der Waals surface area contributed by atoms with Crippen LogP contribution >= 0.6 is 11.6 Å². The van der Waals surface area contributed by atoms with Crippen molar-refractivity contribution in [3.63, 3.8) is 0 Å². The minimum atomic E-state index is 0.127. The molecule has 0 fully saturated rings. The SMILES string of the molecule is Oc1coc2ccc(Cl)cc12. The average molecular weight is 169 g/mol. The van der Waals surface area contributed by atoms with E-state index >= 15 is 0 Å². The van der Waals surface area contributed by atoms with Gasteiger partial charge in [0, 0.05) is 5.02 Å². The van der Waals surface area contributed by atoms with Gasteiger partial charge < -0.3 is 9.52 Å². The van der Waals surface area contributed by atoms with Crippen LogP contribution in [-0.2, 0) is 0 Å². The third kappa shape index (κ3) is 0.955. The minimum Gasteiger partial charge on any atom is -0.504 e. The minimum absolute atomic E-state index is 0.127. The lowest BCUT2D eigenvalue weighted by Gasteiger charge is -1.88. The van der Waals surface area contributed by atoms with E-state index in [4.69, 9.17) is 16.0 Å². The van der Waals surface area contributed by atoms with Gasteiger partial charge in [-0.3, -0.25) is 0 Å². The summed E-state index contributed by atoms with van der Waals surface area (Å²) >= 11 is 5.69. The third-order valence-electron chi connectivity index (χ3n) is 1.52. The van der Waals surface area contributed by atoms with Gasteiger partial charge in [-0.2, -0.15) is 0 Å². The molecular formula is C8H5ClO2. The first-order chi connectivity index (χ1) is 5.27. The van der Waals surface area contributed by atoms with Crippen molar-refractivity contribution in [2.75, 3.05) is 0 Å². The van der Waals surface area contributed by atoms with Crippen LogP contribution in [0.15, 0.2) is 28.9 Å². The zero-order chi connectivity index (χ0) is 7.84. The molecule has 2 rings (SSSR count). The predicted molar refractivity (Wildman–Crippen MR) is 42.9 cm³/mol. The van der Waals surface area contributed by atoms with Gasteiger partial charge in [-0.25, -0.2) is 0 Å². The maximum absolute atomic E-state index is 9.18. The summed E-state index contributed by atoms with van der Waals surface area (Å²) in [5.74, 6) is 0.127. The second-order valence-electron chi connectivity index (χ2n) is 2.26. The molecule has 0 amide bonds. The zero-order valence-electron chi connectivity index (χ0n) is 5.54. The van der Waals surface area contributed by atoms with E-state index in [0.29, 0.717) is 16.0 Å². The molecule has 3 heteroatoms. The molecule has 0 bridgehead atoms. The van der Waals surface area contributed by atoms with Crippen LogP contribution in [0.2, 0.25) is 5.02 Å². The lowest BCUT2D eigenvalue weighted by molar-refractivity contribution is 0.464. The van der Waals surface area contributed by atoms with Gasteiger partial charge in [0.2, 0.25) is 0 Å². The van der Waals surface area contributed by atoms with Crippen LogP contribution in [0, 0.1) is 0 Å². The zero-order valence-corrected chi connectivity index (χ0v) is 6.30. The highest BCUT2D eigenvalue weighted by atomic mass is 35.5. The van der Waals surface area contributed by atoms with Crippen molar-refractivity contribution < 1.29 is 9.52 Å². The summed E-state index contributed by atoms with van der Waals surface area (Å²) in [6, 6.07) is 5.10. The van der Waals surface area contributed by atoms with Gasteiger partial charge in [0.1, 0.15) is 11.8 Å². The van der Waals surface area contributed by atoms with Gasteiger partial charge in [-0.1, -0.05) is 11.6 Å². The van der Waals surface area contributed by atoms with E-state index in [9.17, 15) is 5.11 Å². The van der Waals surface area contributed by atoms with E-state index in [1.165, 1.54) is 6.26 Å². The molecule has 0 aliphatic carbocycles. The van der Waals surface area contributed by atoms with Crippen LogP contribution in [0.25, 0.3) is 11.0 Å². The van der Waals surface area contributed by atoms with E-state index in [1.54, 1.807) is 18.2 Å². The maximum atomic E-state index is 9.18. The molecule has 0 saturated carbocycles. The van der Waals surface area contributed by atoms with Gasteiger partial charge in [0.25, 0.3) is 0 Å². The number of furan rings is 1. The Morgan fingerprint density at radius 3 is 3.00 bits per heavy atom. The summed E-state index contributed by atoms with van der Waals surface area (Å²) in [6.07, 6.45) is 1.29. The first-order valence-electron chi connectivity index (χ1n) is 3.13. The molecule has 0 saturated heterocycles. The van der Waals surface area contributed by atoms with E-state index < -0.39 is 0 Å². The molecule has 0 spiro atoms. The summed E-state index contributed by atoms with van der Waals surface area (Å²) in [4.78, 5) is 0. The van der Waals surface area contributed by atoms with Crippen molar-refractivity contribution in [3.05, 3.63) is 29.5 Å². The van der Waals surface area contributed by atoms with Crippen LogP contribution in [0.5, 0.6) is 5.75 Å². The Labute approximate surface area is 68.0 Å². The Morgan fingerprint density at radius 1 is 1.36 bits per heavy atom. The standard InChI is InChI=1S/C8H5ClO2/c9-5-1-2-8-6(3-5)7(10)4-11-8/h1-4,10H. The number of aromatic hydroxyl groups is 1. The molecule has 0 radical (unpaired) electrons. The van der Waals surface area contributed by atoms with Crippen LogP contribution < -0.4 is 0 Å². The Kier molecular flexibility index (Phi) is 1.29. The Balaban J connectivity index is 2.87. The molecule has 2 nitrogen and oxygen atoms in total. The van der Waals surface area contributed by atoms with E-state index in [0.717, 1.165) is 0 Å². The fourth-order valence-corrected chi connectivity index (χ4v) is 1.16. The van der Waals surface area contributed by atoms with Gasteiger partial charge in [-0.15, -0.1) is 0 Å². The van der Waals surface area contributed by atoms with E-state index in [1.807, 2.05) is 0 Å². The quantitative estimate of drug-likeness (QED) is 0.656. The van der Waals surface area contributed by atoms with Crippen molar-refractivity contribution in [1.29, 1.82) is 0 Å². The van der Waals surface area contributed by atoms with Crippen molar-refractivity contribution >= 4 is 22.6 Å². The van der Waals surface area contributed by atoms with Gasteiger partial charge in [-0.05, 0) is 18.2 Å². The van der Waals surface area contributed by atoms with Crippen molar-refractivity contribution in [2.45, 2.75) is 0 Å². The van der Waals surface area contributed by atoms with E-state index in [-0.39, 0.29) is 5.75 Å². The first kappa shape index (κ1) is 6.55. The molecule has 0 unspecified atom stereocenters. The predicted octanol–water partition coefficient (Wildman–Crippen LogP) is 2.79. The van der Waals surface area contributed by atoms with Crippen molar-refractivity contribution in [1.82, 2.24) is 0 Å². The molecule has 1 aromatic heterocycles. The molecule has 1 aromatic carbocycles. The number of benzene rings is 1. The molecule has 0 aliphatic rings. The van der Waals surface area contributed by atoms with Crippen molar-refractivity contribution in [2.24, 2.45) is 0 Å². The summed E-state index contributed by atoms with van der Waals surface area (Å²) in [5, 5.41) is 10.4. The summed E-state index contributed by atoms with van der Waals surface area (Å²) < 4.78 is 5.00. The number of hydrogen-bond donors (Lipinski definition) is 1. The number of fused-ring (bicyclic) bond motifs is 1. The van der Waals surface area contributed by atoms with Crippen LogP contribution in [0.4, 0.5) is 0 Å². The van der Waals surface area contributed by atoms with Gasteiger partial charge in [0.15, 0.2) is 5.75 Å². The Morgan fingerprint density at radius 2 is 2.18 bits per heavy atom. The Bertz CT molecular complexity index is 392. The first-order valence-corrected chi connectivity index (χ1v) is 3.51. The summed E-state index contributed by atoms with van der Waals surface area (Å²) in [7, 11) is 0. The Hall–Kier alpha value is -1.15. The summed E-state index contributed by atoms with van der Waals surface area (Å²) in [5.41, 5.74) is 0.645. The van der Waals surface area contributed by atoms with Gasteiger partial charge in [0.05, 0.1) is 5.39 Å². The lowest BCUT2D eigenvalue weighted by Crippen LogP contribution is -1.64.